The molecule has 4 rings (SSSR count). The first-order valence-electron chi connectivity index (χ1n) is 9.22. The highest BCUT2D eigenvalue weighted by atomic mass is 16.5. The predicted molar refractivity (Wildman–Crippen MR) is 108 cm³/mol. The summed E-state index contributed by atoms with van der Waals surface area (Å²) in [5, 5.41) is 11.0. The number of aromatic hydroxyl groups is 1. The molecule has 6 nitrogen and oxygen atoms in total. The second kappa shape index (κ2) is 7.75. The lowest BCUT2D eigenvalue weighted by Crippen LogP contribution is -2.30. The molecule has 0 spiro atoms. The maximum Gasteiger partial charge on any atom is 0.290 e. The van der Waals surface area contributed by atoms with E-state index in [4.69, 9.17) is 13.6 Å². The van der Waals surface area contributed by atoms with Crippen molar-refractivity contribution in [2.24, 2.45) is 0 Å². The molecule has 0 radical (unpaired) electrons. The fourth-order valence-corrected chi connectivity index (χ4v) is 3.31. The first kappa shape index (κ1) is 18.7. The molecule has 1 amide bonds. The summed E-state index contributed by atoms with van der Waals surface area (Å²) in [5.41, 5.74) is 2.00. The number of benzene rings is 2. The maximum absolute atomic E-state index is 13.4. The van der Waals surface area contributed by atoms with Crippen LogP contribution in [0.3, 0.4) is 0 Å². The van der Waals surface area contributed by atoms with Gasteiger partial charge in [-0.3, -0.25) is 4.79 Å². The van der Waals surface area contributed by atoms with Crippen LogP contribution in [-0.2, 0) is 13.1 Å². The number of fused-ring (bicyclic) bond motifs is 1. The van der Waals surface area contributed by atoms with E-state index < -0.39 is 0 Å². The number of carbonyl (C=O) groups excluding carboxylic acids is 1. The number of para-hydroxylation sites is 1. The molecule has 0 saturated carbocycles. The van der Waals surface area contributed by atoms with Crippen molar-refractivity contribution in [3.05, 3.63) is 83.5 Å². The number of methoxy groups -OCH3 is 1. The Morgan fingerprint density at radius 3 is 2.66 bits per heavy atom. The highest BCUT2D eigenvalue weighted by Crippen LogP contribution is 2.30. The van der Waals surface area contributed by atoms with Crippen LogP contribution in [0.4, 0.5) is 0 Å². The van der Waals surface area contributed by atoms with Gasteiger partial charge in [-0.05, 0) is 43.3 Å². The standard InChI is InChI=1S/C23H21NO5/c1-15-19-12-17(27-2)9-10-21(19)29-22(15)23(26)24(14-18-7-5-11-28-18)13-16-6-3-4-8-20(16)25/h3-12,25H,13-14H2,1-2H3. The number of rotatable bonds is 6. The van der Waals surface area contributed by atoms with Crippen molar-refractivity contribution >= 4 is 16.9 Å². The molecule has 0 aliphatic heterocycles. The molecule has 0 aliphatic carbocycles. The topological polar surface area (TPSA) is 76.0 Å². The molecular weight excluding hydrogens is 370 g/mol. The van der Waals surface area contributed by atoms with Gasteiger partial charge in [0.2, 0.25) is 0 Å². The molecule has 0 unspecified atom stereocenters. The van der Waals surface area contributed by atoms with Crippen LogP contribution >= 0.6 is 0 Å². The van der Waals surface area contributed by atoms with E-state index in [9.17, 15) is 9.90 Å². The molecule has 2 heterocycles. The van der Waals surface area contributed by atoms with Crippen LogP contribution in [0.2, 0.25) is 0 Å². The number of hydrogen-bond donors (Lipinski definition) is 1. The lowest BCUT2D eigenvalue weighted by molar-refractivity contribution is 0.0685. The second-order valence-electron chi connectivity index (χ2n) is 6.79. The van der Waals surface area contributed by atoms with E-state index in [1.165, 1.54) is 0 Å². The summed E-state index contributed by atoms with van der Waals surface area (Å²) in [7, 11) is 1.60. The molecule has 29 heavy (non-hydrogen) atoms. The largest absolute Gasteiger partial charge is 0.508 e. The Hall–Kier alpha value is -3.67. The van der Waals surface area contributed by atoms with Gasteiger partial charge in [-0.1, -0.05) is 18.2 Å². The zero-order valence-electron chi connectivity index (χ0n) is 16.2. The second-order valence-corrected chi connectivity index (χ2v) is 6.79. The number of ether oxygens (including phenoxy) is 1. The van der Waals surface area contributed by atoms with Gasteiger partial charge in [0.25, 0.3) is 5.91 Å². The van der Waals surface area contributed by atoms with Crippen LogP contribution in [0.25, 0.3) is 11.0 Å². The van der Waals surface area contributed by atoms with E-state index in [1.807, 2.05) is 25.1 Å². The van der Waals surface area contributed by atoms with Crippen molar-refractivity contribution < 1.29 is 23.5 Å². The van der Waals surface area contributed by atoms with Crippen molar-refractivity contribution in [2.45, 2.75) is 20.0 Å². The Bertz CT molecular complexity index is 1140. The smallest absolute Gasteiger partial charge is 0.290 e. The van der Waals surface area contributed by atoms with Gasteiger partial charge in [0.15, 0.2) is 5.76 Å². The van der Waals surface area contributed by atoms with Gasteiger partial charge < -0.3 is 23.6 Å². The Morgan fingerprint density at radius 1 is 1.10 bits per heavy atom. The molecule has 0 saturated heterocycles. The lowest BCUT2D eigenvalue weighted by Gasteiger charge is -2.21. The zero-order chi connectivity index (χ0) is 20.4. The van der Waals surface area contributed by atoms with Crippen molar-refractivity contribution in [1.29, 1.82) is 0 Å². The molecule has 1 N–H and O–H groups in total. The lowest BCUT2D eigenvalue weighted by atomic mass is 10.1. The van der Waals surface area contributed by atoms with Gasteiger partial charge in [0.05, 0.1) is 26.5 Å². The molecule has 148 valence electrons. The number of phenolic OH excluding ortho intramolecular Hbond substituents is 1. The quantitative estimate of drug-likeness (QED) is 0.506. The SMILES string of the molecule is COc1ccc2oc(C(=O)N(Cc3ccco3)Cc3ccccc3O)c(C)c2c1. The summed E-state index contributed by atoms with van der Waals surface area (Å²) in [6, 6.07) is 16.0. The van der Waals surface area contributed by atoms with Crippen molar-refractivity contribution in [3.63, 3.8) is 0 Å². The molecule has 0 aliphatic rings. The Labute approximate surface area is 167 Å². The van der Waals surface area contributed by atoms with Crippen molar-refractivity contribution in [2.75, 3.05) is 7.11 Å². The number of carbonyl (C=O) groups is 1. The molecule has 4 aromatic rings. The number of phenols is 1. The average molecular weight is 391 g/mol. The first-order valence-corrected chi connectivity index (χ1v) is 9.22. The summed E-state index contributed by atoms with van der Waals surface area (Å²) in [5.74, 6) is 1.45. The Kier molecular flexibility index (Phi) is 4.99. The van der Waals surface area contributed by atoms with Crippen molar-refractivity contribution in [1.82, 2.24) is 4.90 Å². The van der Waals surface area contributed by atoms with Gasteiger partial charge >= 0.3 is 0 Å². The van der Waals surface area contributed by atoms with Crippen LogP contribution in [0.5, 0.6) is 11.5 Å². The summed E-state index contributed by atoms with van der Waals surface area (Å²) < 4.78 is 16.6. The fourth-order valence-electron chi connectivity index (χ4n) is 3.31. The van der Waals surface area contributed by atoms with Crippen LogP contribution < -0.4 is 4.74 Å². The van der Waals surface area contributed by atoms with E-state index in [0.717, 1.165) is 10.9 Å². The number of amides is 1. The normalized spacial score (nSPS) is 11.0. The van der Waals surface area contributed by atoms with Crippen molar-refractivity contribution in [3.8, 4) is 11.5 Å². The van der Waals surface area contributed by atoms with Crippen LogP contribution in [-0.4, -0.2) is 23.0 Å². The molecule has 2 aromatic carbocycles. The van der Waals surface area contributed by atoms with Gasteiger partial charge in [-0.2, -0.15) is 0 Å². The molecular formula is C23H21NO5. The van der Waals surface area contributed by atoms with E-state index in [2.05, 4.69) is 0 Å². The maximum atomic E-state index is 13.4. The van der Waals surface area contributed by atoms with Gasteiger partial charge in [0.1, 0.15) is 22.8 Å². The van der Waals surface area contributed by atoms with E-state index in [-0.39, 0.29) is 30.5 Å². The monoisotopic (exact) mass is 391 g/mol. The number of aryl methyl sites for hydroxylation is 1. The third-order valence-corrected chi connectivity index (χ3v) is 4.90. The predicted octanol–water partition coefficient (Wildman–Crippen LogP) is 4.89. The average Bonchev–Trinajstić information content (AvgIpc) is 3.36. The number of furan rings is 2. The number of nitrogens with zero attached hydrogens (tertiary/aromatic N) is 1. The third kappa shape index (κ3) is 3.69. The molecule has 0 atom stereocenters. The summed E-state index contributed by atoms with van der Waals surface area (Å²) in [4.78, 5) is 15.0. The summed E-state index contributed by atoms with van der Waals surface area (Å²) in [6.07, 6.45) is 1.57. The van der Waals surface area contributed by atoms with Gasteiger partial charge in [-0.15, -0.1) is 0 Å². The van der Waals surface area contributed by atoms with E-state index in [0.29, 0.717) is 22.7 Å². The van der Waals surface area contributed by atoms with E-state index >= 15 is 0 Å². The fraction of sp³-hybridized carbons (Fsp3) is 0.174. The minimum Gasteiger partial charge on any atom is -0.508 e. The molecule has 0 fully saturated rings. The van der Waals surface area contributed by atoms with Crippen LogP contribution in [0, 0.1) is 6.92 Å². The van der Waals surface area contributed by atoms with E-state index in [1.54, 1.807) is 54.7 Å². The minimum atomic E-state index is -0.280. The van der Waals surface area contributed by atoms with Crippen LogP contribution in [0.1, 0.15) is 27.4 Å². The number of hydrogen-bond acceptors (Lipinski definition) is 5. The third-order valence-electron chi connectivity index (χ3n) is 4.90. The molecule has 0 bridgehead atoms. The zero-order valence-corrected chi connectivity index (χ0v) is 16.2. The van der Waals surface area contributed by atoms with Gasteiger partial charge in [0, 0.05) is 16.5 Å². The van der Waals surface area contributed by atoms with Gasteiger partial charge in [-0.25, -0.2) is 0 Å². The molecule has 2 aromatic heterocycles. The highest BCUT2D eigenvalue weighted by molar-refractivity contribution is 5.99. The minimum absolute atomic E-state index is 0.135. The molecule has 6 heteroatoms. The highest BCUT2D eigenvalue weighted by Gasteiger charge is 2.25. The summed E-state index contributed by atoms with van der Waals surface area (Å²) in [6.45, 7) is 2.32. The Morgan fingerprint density at radius 2 is 1.93 bits per heavy atom. The Balaban J connectivity index is 1.71. The first-order chi connectivity index (χ1) is 14.1. The van der Waals surface area contributed by atoms with Crippen LogP contribution in [0.15, 0.2) is 69.7 Å². The summed E-state index contributed by atoms with van der Waals surface area (Å²) >= 11 is 0.